The Morgan fingerprint density at radius 2 is 1.69 bits per heavy atom. The molecule has 1 aromatic rings. The van der Waals surface area contributed by atoms with Crippen LogP contribution in [0.5, 0.6) is 0 Å². The highest BCUT2D eigenvalue weighted by Gasteiger charge is 2.29. The summed E-state index contributed by atoms with van der Waals surface area (Å²) in [5.74, 6) is 0.170. The van der Waals surface area contributed by atoms with Crippen LogP contribution < -0.4 is 5.32 Å². The number of aromatic nitrogens is 2. The van der Waals surface area contributed by atoms with E-state index in [1.54, 1.807) is 0 Å². The first kappa shape index (κ1) is 19.1. The first-order valence-corrected chi connectivity index (χ1v) is 9.28. The van der Waals surface area contributed by atoms with E-state index in [0.717, 1.165) is 37.3 Å². The summed E-state index contributed by atoms with van der Waals surface area (Å²) in [4.78, 5) is 31.1. The number of H-pyrrole nitrogens is 1. The lowest BCUT2D eigenvalue weighted by Gasteiger charge is -2.35. The number of amides is 2. The van der Waals surface area contributed by atoms with Gasteiger partial charge in [0, 0.05) is 56.9 Å². The normalized spacial score (nSPS) is 20.6. The van der Waals surface area contributed by atoms with Gasteiger partial charge in [-0.05, 0) is 25.9 Å². The standard InChI is InChI=1S/C17H26N6O2.ClH/c24-15(12-21-5-1-2-6-21)22-7-9-23(10-8-22)17(25)16-13-11-18-4-3-14(13)19-20-16;/h18H,1-12H2,(H,19,20);1H. The number of nitrogens with one attached hydrogen (secondary N) is 2. The van der Waals surface area contributed by atoms with Crippen molar-refractivity contribution in [3.8, 4) is 0 Å². The van der Waals surface area contributed by atoms with Gasteiger partial charge in [-0.1, -0.05) is 0 Å². The molecule has 0 radical (unpaired) electrons. The Hall–Kier alpha value is -1.64. The molecule has 2 amide bonds. The number of hydrogen-bond acceptors (Lipinski definition) is 5. The number of hydrogen-bond donors (Lipinski definition) is 2. The monoisotopic (exact) mass is 382 g/mol. The molecule has 9 heteroatoms. The number of aromatic amines is 1. The van der Waals surface area contributed by atoms with E-state index in [2.05, 4.69) is 20.4 Å². The quantitative estimate of drug-likeness (QED) is 0.760. The molecule has 3 aliphatic rings. The second kappa shape index (κ2) is 8.37. The summed E-state index contributed by atoms with van der Waals surface area (Å²) in [6, 6.07) is 0. The van der Waals surface area contributed by atoms with E-state index in [9.17, 15) is 9.59 Å². The minimum atomic E-state index is -0.0205. The lowest BCUT2D eigenvalue weighted by Crippen LogP contribution is -2.52. The molecule has 144 valence electrons. The summed E-state index contributed by atoms with van der Waals surface area (Å²) < 4.78 is 0. The topological polar surface area (TPSA) is 84.6 Å². The second-order valence-electron chi connectivity index (χ2n) is 7.11. The zero-order valence-corrected chi connectivity index (χ0v) is 15.8. The molecule has 0 atom stereocenters. The number of nitrogens with zero attached hydrogens (tertiary/aromatic N) is 4. The molecule has 1 aromatic heterocycles. The van der Waals surface area contributed by atoms with Crippen LogP contribution in [0.3, 0.4) is 0 Å². The highest BCUT2D eigenvalue weighted by molar-refractivity contribution is 5.94. The number of halogens is 1. The average molecular weight is 383 g/mol. The largest absolute Gasteiger partial charge is 0.338 e. The highest BCUT2D eigenvalue weighted by Crippen LogP contribution is 2.18. The third-order valence-electron chi connectivity index (χ3n) is 5.49. The van der Waals surface area contributed by atoms with E-state index in [1.165, 1.54) is 12.8 Å². The number of rotatable bonds is 3. The Morgan fingerprint density at radius 3 is 2.42 bits per heavy atom. The molecule has 0 aromatic carbocycles. The van der Waals surface area contributed by atoms with E-state index in [4.69, 9.17) is 0 Å². The molecule has 0 spiro atoms. The lowest BCUT2D eigenvalue weighted by atomic mass is 10.1. The van der Waals surface area contributed by atoms with Gasteiger partial charge in [0.05, 0.1) is 6.54 Å². The second-order valence-corrected chi connectivity index (χ2v) is 7.11. The molecule has 8 nitrogen and oxygen atoms in total. The van der Waals surface area contributed by atoms with Gasteiger partial charge in [0.25, 0.3) is 5.91 Å². The predicted octanol–water partition coefficient (Wildman–Crippen LogP) is -0.143. The fourth-order valence-corrected chi connectivity index (χ4v) is 3.94. The van der Waals surface area contributed by atoms with Gasteiger partial charge in [0.2, 0.25) is 5.91 Å². The third kappa shape index (κ3) is 3.87. The molecule has 4 heterocycles. The van der Waals surface area contributed by atoms with E-state index in [1.807, 2.05) is 9.80 Å². The molecule has 3 aliphatic heterocycles. The van der Waals surface area contributed by atoms with Crippen molar-refractivity contribution in [2.24, 2.45) is 0 Å². The predicted molar refractivity (Wildman–Crippen MR) is 99.4 cm³/mol. The molecule has 2 N–H and O–H groups in total. The van der Waals surface area contributed by atoms with Crippen molar-refractivity contribution in [1.82, 2.24) is 30.2 Å². The number of likely N-dealkylation sites (tertiary alicyclic amines) is 1. The van der Waals surface area contributed by atoms with Gasteiger partial charge >= 0.3 is 0 Å². The van der Waals surface area contributed by atoms with E-state index < -0.39 is 0 Å². The Labute approximate surface area is 159 Å². The maximum atomic E-state index is 12.8. The fraction of sp³-hybridized carbons (Fsp3) is 0.706. The molecular formula is C17H27ClN6O2. The number of carbonyl (C=O) groups is 2. The van der Waals surface area contributed by atoms with Gasteiger partial charge in [0.15, 0.2) is 5.69 Å². The minimum Gasteiger partial charge on any atom is -0.338 e. The molecule has 0 aliphatic carbocycles. The molecule has 26 heavy (non-hydrogen) atoms. The number of piperazine rings is 1. The van der Waals surface area contributed by atoms with Crippen molar-refractivity contribution in [2.75, 3.05) is 52.4 Å². The smallest absolute Gasteiger partial charge is 0.274 e. The van der Waals surface area contributed by atoms with Crippen LogP contribution in [0.25, 0.3) is 0 Å². The van der Waals surface area contributed by atoms with E-state index in [-0.39, 0.29) is 24.2 Å². The van der Waals surface area contributed by atoms with Gasteiger partial charge in [-0.3, -0.25) is 19.6 Å². The molecular weight excluding hydrogens is 356 g/mol. The Kier molecular flexibility index (Phi) is 6.16. The van der Waals surface area contributed by atoms with Crippen LogP contribution in [0.4, 0.5) is 0 Å². The van der Waals surface area contributed by atoms with Crippen molar-refractivity contribution in [2.45, 2.75) is 25.8 Å². The first-order chi connectivity index (χ1) is 12.2. The molecule has 0 saturated carbocycles. The van der Waals surface area contributed by atoms with Crippen LogP contribution >= 0.6 is 12.4 Å². The van der Waals surface area contributed by atoms with Gasteiger partial charge in [0.1, 0.15) is 0 Å². The van der Waals surface area contributed by atoms with E-state index >= 15 is 0 Å². The Bertz CT molecular complexity index is 650. The van der Waals surface area contributed by atoms with Crippen molar-refractivity contribution >= 4 is 24.2 Å². The molecule has 2 saturated heterocycles. The lowest BCUT2D eigenvalue weighted by molar-refractivity contribution is -0.133. The van der Waals surface area contributed by atoms with Crippen molar-refractivity contribution in [3.63, 3.8) is 0 Å². The van der Waals surface area contributed by atoms with Crippen LogP contribution in [0.1, 0.15) is 34.6 Å². The maximum Gasteiger partial charge on any atom is 0.274 e. The highest BCUT2D eigenvalue weighted by atomic mass is 35.5. The first-order valence-electron chi connectivity index (χ1n) is 9.28. The van der Waals surface area contributed by atoms with Crippen molar-refractivity contribution < 1.29 is 9.59 Å². The summed E-state index contributed by atoms with van der Waals surface area (Å²) in [5.41, 5.74) is 2.62. The minimum absolute atomic E-state index is 0. The van der Waals surface area contributed by atoms with Crippen LogP contribution in [0.15, 0.2) is 0 Å². The van der Waals surface area contributed by atoms with Crippen LogP contribution in [-0.4, -0.2) is 89.1 Å². The number of carbonyl (C=O) groups excluding carboxylic acids is 2. The Balaban J connectivity index is 0.00000196. The fourth-order valence-electron chi connectivity index (χ4n) is 3.94. The van der Waals surface area contributed by atoms with Crippen LogP contribution in [-0.2, 0) is 17.8 Å². The van der Waals surface area contributed by atoms with Crippen LogP contribution in [0.2, 0.25) is 0 Å². The third-order valence-corrected chi connectivity index (χ3v) is 5.49. The number of fused-ring (bicyclic) bond motifs is 1. The summed E-state index contributed by atoms with van der Waals surface area (Å²) in [7, 11) is 0. The van der Waals surface area contributed by atoms with Gasteiger partial charge < -0.3 is 15.1 Å². The molecule has 4 rings (SSSR count). The Morgan fingerprint density at radius 1 is 1.00 bits per heavy atom. The molecule has 2 fully saturated rings. The van der Waals surface area contributed by atoms with Crippen molar-refractivity contribution in [1.29, 1.82) is 0 Å². The van der Waals surface area contributed by atoms with Gasteiger partial charge in [-0.2, -0.15) is 5.10 Å². The van der Waals surface area contributed by atoms with Crippen LogP contribution in [0, 0.1) is 0 Å². The van der Waals surface area contributed by atoms with Gasteiger partial charge in [-0.15, -0.1) is 12.4 Å². The zero-order valence-electron chi connectivity index (χ0n) is 15.0. The summed E-state index contributed by atoms with van der Waals surface area (Å²) >= 11 is 0. The summed E-state index contributed by atoms with van der Waals surface area (Å²) in [6.07, 6.45) is 3.27. The van der Waals surface area contributed by atoms with Gasteiger partial charge in [-0.25, -0.2) is 0 Å². The average Bonchev–Trinajstić information content (AvgIpc) is 3.31. The van der Waals surface area contributed by atoms with Crippen molar-refractivity contribution in [3.05, 3.63) is 17.0 Å². The zero-order chi connectivity index (χ0) is 17.2. The molecule has 0 unspecified atom stereocenters. The maximum absolute atomic E-state index is 12.8. The SMILES string of the molecule is Cl.O=C(CN1CCCC1)N1CCN(C(=O)c2n[nH]c3c2CNCC3)CC1. The summed E-state index contributed by atoms with van der Waals surface area (Å²) in [6.45, 7) is 6.59. The van der Waals surface area contributed by atoms with E-state index in [0.29, 0.717) is 45.0 Å². The summed E-state index contributed by atoms with van der Waals surface area (Å²) in [5, 5.41) is 10.6. The molecule has 0 bridgehead atoms.